The first-order chi connectivity index (χ1) is 14.5. The summed E-state index contributed by atoms with van der Waals surface area (Å²) in [5.74, 6) is 1.10. The zero-order valence-corrected chi connectivity index (χ0v) is 20.3. The van der Waals surface area contributed by atoms with Gasteiger partial charge in [0.05, 0.1) is 5.69 Å². The van der Waals surface area contributed by atoms with E-state index in [1.807, 2.05) is 25.6 Å². The minimum atomic E-state index is -3.32. The third-order valence-corrected chi connectivity index (χ3v) is 9.05. The van der Waals surface area contributed by atoms with Gasteiger partial charge in [-0.15, -0.1) is 23.1 Å². The molecule has 0 radical (unpaired) electrons. The summed E-state index contributed by atoms with van der Waals surface area (Å²) in [4.78, 5) is 7.57. The molecule has 0 spiro atoms. The molecule has 0 saturated carbocycles. The van der Waals surface area contributed by atoms with E-state index in [4.69, 9.17) is 4.98 Å². The van der Waals surface area contributed by atoms with Crippen LogP contribution in [0.3, 0.4) is 0 Å². The van der Waals surface area contributed by atoms with Gasteiger partial charge in [0.15, 0.2) is 5.13 Å². The number of hydrogen-bond donors (Lipinski definition) is 2. The van der Waals surface area contributed by atoms with E-state index in [1.165, 1.54) is 19.6 Å². The van der Waals surface area contributed by atoms with Crippen LogP contribution >= 0.6 is 23.1 Å². The molecule has 2 heterocycles. The number of nitrogens with zero attached hydrogens (tertiary/aromatic N) is 2. The summed E-state index contributed by atoms with van der Waals surface area (Å²) in [5.41, 5.74) is 2.40. The normalized spacial score (nSPS) is 13.7. The Balaban J connectivity index is 1.37. The van der Waals surface area contributed by atoms with Crippen LogP contribution in [0.4, 0.5) is 5.13 Å². The molecule has 6 nitrogen and oxygen atoms in total. The first-order valence-electron chi connectivity index (χ1n) is 10.8. The molecule has 0 atom stereocenters. The second kappa shape index (κ2) is 11.5. The second-order valence-electron chi connectivity index (χ2n) is 7.21. The van der Waals surface area contributed by atoms with Crippen molar-refractivity contribution in [1.29, 1.82) is 0 Å². The van der Waals surface area contributed by atoms with Crippen molar-refractivity contribution >= 4 is 38.4 Å². The van der Waals surface area contributed by atoms with Crippen molar-refractivity contribution in [3.05, 3.63) is 29.1 Å². The van der Waals surface area contributed by atoms with Crippen molar-refractivity contribution in [1.82, 2.24) is 14.0 Å². The summed E-state index contributed by atoms with van der Waals surface area (Å²) in [7, 11) is -3.32. The highest BCUT2D eigenvalue weighted by molar-refractivity contribution is 7.99. The van der Waals surface area contributed by atoms with E-state index in [1.54, 1.807) is 11.3 Å². The number of hydrogen-bond acceptors (Lipinski definition) is 6. The lowest BCUT2D eigenvalue weighted by Gasteiger charge is -2.18. The van der Waals surface area contributed by atoms with E-state index in [0.29, 0.717) is 19.6 Å². The number of anilines is 1. The molecular weight excluding hydrogens is 436 g/mol. The maximum absolute atomic E-state index is 12.1. The Morgan fingerprint density at radius 2 is 1.80 bits per heavy atom. The van der Waals surface area contributed by atoms with Crippen molar-refractivity contribution in [3.8, 4) is 11.3 Å². The number of unbranched alkanes of at least 4 members (excludes halogenated alkanes) is 3. The monoisotopic (exact) mass is 468 g/mol. The first-order valence-corrected chi connectivity index (χ1v) is 14.0. The molecule has 3 rings (SSSR count). The third-order valence-electron chi connectivity index (χ3n) is 5.14. The Bertz CT molecular complexity index is 911. The van der Waals surface area contributed by atoms with Gasteiger partial charge in [-0.25, -0.2) is 9.71 Å². The Labute approximate surface area is 189 Å². The zero-order chi connectivity index (χ0) is 21.4. The minimum Gasteiger partial charge on any atom is -0.361 e. The number of nitrogens with one attached hydrogen (secondary N) is 2. The van der Waals surface area contributed by atoms with Crippen LogP contribution in [0, 0.1) is 0 Å². The smallest absolute Gasteiger partial charge is 0.279 e. The largest absolute Gasteiger partial charge is 0.361 e. The highest BCUT2D eigenvalue weighted by Gasteiger charge is 2.19. The lowest BCUT2D eigenvalue weighted by molar-refractivity contribution is 0.433. The molecule has 1 aromatic carbocycles. The third kappa shape index (κ3) is 6.20. The van der Waals surface area contributed by atoms with E-state index >= 15 is 0 Å². The van der Waals surface area contributed by atoms with Crippen LogP contribution < -0.4 is 10.0 Å². The number of thiazole rings is 1. The molecule has 1 aliphatic heterocycles. The topological polar surface area (TPSA) is 74.3 Å². The molecule has 0 aliphatic carbocycles. The maximum atomic E-state index is 12.1. The van der Waals surface area contributed by atoms with Crippen molar-refractivity contribution < 1.29 is 8.42 Å². The molecule has 9 heteroatoms. The van der Waals surface area contributed by atoms with Gasteiger partial charge in [0.25, 0.3) is 10.2 Å². The van der Waals surface area contributed by atoms with E-state index < -0.39 is 10.2 Å². The molecule has 0 saturated heterocycles. The summed E-state index contributed by atoms with van der Waals surface area (Å²) in [6.45, 7) is 6.11. The number of benzene rings is 1. The van der Waals surface area contributed by atoms with E-state index in [-0.39, 0.29) is 0 Å². The highest BCUT2D eigenvalue weighted by Crippen LogP contribution is 2.40. The summed E-state index contributed by atoms with van der Waals surface area (Å²) in [6, 6.07) is 8.54. The fraction of sp³-hybridized carbons (Fsp3) is 0.571. The van der Waals surface area contributed by atoms with Crippen molar-refractivity contribution in [2.75, 3.05) is 37.2 Å². The first kappa shape index (κ1) is 23.5. The van der Waals surface area contributed by atoms with Gasteiger partial charge in [0, 0.05) is 47.3 Å². The summed E-state index contributed by atoms with van der Waals surface area (Å²) in [5, 5.41) is 4.49. The van der Waals surface area contributed by atoms with Crippen LogP contribution in [-0.2, 0) is 16.6 Å². The van der Waals surface area contributed by atoms with Gasteiger partial charge < -0.3 is 5.32 Å². The minimum absolute atomic E-state index is 0.502. The van der Waals surface area contributed by atoms with Crippen molar-refractivity contribution in [2.45, 2.75) is 50.8 Å². The maximum Gasteiger partial charge on any atom is 0.279 e. The van der Waals surface area contributed by atoms with Crippen LogP contribution in [0.2, 0.25) is 0 Å². The van der Waals surface area contributed by atoms with Crippen molar-refractivity contribution in [2.24, 2.45) is 0 Å². The van der Waals surface area contributed by atoms with Crippen LogP contribution in [0.15, 0.2) is 29.2 Å². The standard InChI is InChI=1S/C21H32N4O2S3/c1-3-25(4-2)30(26,27)23-15-10-6-5-9-14-22-21-24-20-17-11-7-8-12-18(17)28-16-13-19(20)29-21/h7-8,11-12,23H,3-6,9-10,13-16H2,1-2H3,(H,22,24). The van der Waals surface area contributed by atoms with E-state index in [0.717, 1.165) is 55.2 Å². The van der Waals surface area contributed by atoms with Gasteiger partial charge in [-0.05, 0) is 25.3 Å². The van der Waals surface area contributed by atoms with Gasteiger partial charge in [0.1, 0.15) is 0 Å². The van der Waals surface area contributed by atoms with E-state index in [9.17, 15) is 8.42 Å². The Morgan fingerprint density at radius 1 is 1.07 bits per heavy atom. The van der Waals surface area contributed by atoms with Gasteiger partial charge in [0.2, 0.25) is 0 Å². The Morgan fingerprint density at radius 3 is 2.57 bits per heavy atom. The molecule has 0 bridgehead atoms. The SMILES string of the molecule is CCN(CC)S(=O)(=O)NCCCCCCNc1nc2c(s1)CCSc1ccccc1-2. The molecular formula is C21H32N4O2S3. The van der Waals surface area contributed by atoms with Crippen LogP contribution in [-0.4, -0.2) is 49.6 Å². The molecule has 0 unspecified atom stereocenters. The number of thioether (sulfide) groups is 1. The predicted molar refractivity (Wildman–Crippen MR) is 129 cm³/mol. The van der Waals surface area contributed by atoms with Crippen LogP contribution in [0.5, 0.6) is 0 Å². The molecule has 1 aliphatic rings. The summed E-state index contributed by atoms with van der Waals surface area (Å²) < 4.78 is 28.3. The quantitative estimate of drug-likeness (QED) is 0.445. The number of fused-ring (bicyclic) bond motifs is 3. The Kier molecular flexibility index (Phi) is 9.00. The fourth-order valence-corrected chi connectivity index (χ4v) is 6.92. The number of aryl methyl sites for hydroxylation is 1. The fourth-order valence-electron chi connectivity index (χ4n) is 3.50. The molecule has 166 valence electrons. The van der Waals surface area contributed by atoms with Gasteiger partial charge >= 0.3 is 0 Å². The van der Waals surface area contributed by atoms with Gasteiger partial charge in [-0.2, -0.15) is 12.7 Å². The van der Waals surface area contributed by atoms with Crippen molar-refractivity contribution in [3.63, 3.8) is 0 Å². The van der Waals surface area contributed by atoms with E-state index in [2.05, 4.69) is 34.3 Å². The highest BCUT2D eigenvalue weighted by atomic mass is 32.2. The lowest BCUT2D eigenvalue weighted by Crippen LogP contribution is -2.40. The molecule has 1 aromatic heterocycles. The number of aromatic nitrogens is 1. The Hall–Kier alpha value is -1.13. The molecule has 30 heavy (non-hydrogen) atoms. The number of rotatable bonds is 12. The van der Waals surface area contributed by atoms with Gasteiger partial charge in [-0.1, -0.05) is 44.9 Å². The predicted octanol–water partition coefficient (Wildman–Crippen LogP) is 4.61. The second-order valence-corrected chi connectivity index (χ2v) is 11.2. The van der Waals surface area contributed by atoms with Gasteiger partial charge in [-0.3, -0.25) is 0 Å². The summed E-state index contributed by atoms with van der Waals surface area (Å²) >= 11 is 3.69. The molecule has 0 amide bonds. The van der Waals surface area contributed by atoms with Crippen LogP contribution in [0.1, 0.15) is 44.4 Å². The summed E-state index contributed by atoms with van der Waals surface area (Å²) in [6.07, 6.45) is 5.07. The van der Waals surface area contributed by atoms with Crippen LogP contribution in [0.25, 0.3) is 11.3 Å². The average Bonchev–Trinajstić information content (AvgIpc) is 3.05. The molecule has 0 fully saturated rings. The molecule has 2 N–H and O–H groups in total. The molecule has 2 aromatic rings. The average molecular weight is 469 g/mol. The lowest BCUT2D eigenvalue weighted by atomic mass is 10.1. The zero-order valence-electron chi connectivity index (χ0n) is 17.8.